The number of hydrogen-bond acceptors (Lipinski definition) is 4. The monoisotopic (exact) mass is 184 g/mol. The molecule has 0 fully saturated rings. The Bertz CT molecular complexity index is 275. The lowest BCUT2D eigenvalue weighted by atomic mass is 10.1. The fourth-order valence-electron chi connectivity index (χ4n) is 0.382. The van der Waals surface area contributed by atoms with Gasteiger partial charge in [-0.2, -0.15) is 0 Å². The molecule has 0 N–H and O–H groups in total. The van der Waals surface area contributed by atoms with Crippen LogP contribution in [-0.2, 0) is 19.1 Å². The quantitative estimate of drug-likeness (QED) is 0.344. The van der Waals surface area contributed by atoms with Gasteiger partial charge in [0.2, 0.25) is 0 Å². The second-order valence-corrected chi connectivity index (χ2v) is 2.02. The van der Waals surface area contributed by atoms with E-state index in [2.05, 4.69) is 22.3 Å². The summed E-state index contributed by atoms with van der Waals surface area (Å²) in [4.78, 5) is 21.3. The van der Waals surface area contributed by atoms with E-state index in [1.807, 2.05) is 0 Å². The number of terminal acetylenes is 2. The van der Waals surface area contributed by atoms with Crippen LogP contribution in [0.4, 0.5) is 4.39 Å². The topological polar surface area (TPSA) is 52.6 Å². The Labute approximate surface area is 74.0 Å². The van der Waals surface area contributed by atoms with E-state index in [9.17, 15) is 14.0 Å². The Kier molecular flexibility index (Phi) is 3.49. The molecule has 0 aliphatic rings. The van der Waals surface area contributed by atoms with Gasteiger partial charge >= 0.3 is 17.6 Å². The fraction of sp³-hybridized carbons (Fsp3) is 0.250. The molecular weight excluding hydrogens is 179 g/mol. The number of hydrogen-bond donors (Lipinski definition) is 0. The van der Waals surface area contributed by atoms with Crippen LogP contribution in [0.3, 0.4) is 0 Å². The summed E-state index contributed by atoms with van der Waals surface area (Å²) in [6, 6.07) is 0. The molecule has 4 nitrogen and oxygen atoms in total. The first-order valence-electron chi connectivity index (χ1n) is 2.99. The van der Waals surface area contributed by atoms with Gasteiger partial charge in [-0.05, 0) is 6.92 Å². The predicted molar refractivity (Wildman–Crippen MR) is 39.4 cm³/mol. The molecule has 0 aliphatic heterocycles. The number of esters is 2. The number of rotatable bonds is 2. The van der Waals surface area contributed by atoms with Crippen LogP contribution in [0.15, 0.2) is 0 Å². The molecule has 0 aliphatic carbocycles. The summed E-state index contributed by atoms with van der Waals surface area (Å²) in [5, 5.41) is 0. The number of halogens is 1. The van der Waals surface area contributed by atoms with Crippen LogP contribution in [0.2, 0.25) is 0 Å². The average Bonchev–Trinajstić information content (AvgIpc) is 2.05. The lowest BCUT2D eigenvalue weighted by Crippen LogP contribution is -2.40. The standard InChI is InChI=1S/C8H5FO4/c1-4-12-6(10)8(3,9)7(11)13-5-2/h1-2H,3H3. The van der Waals surface area contributed by atoms with Crippen LogP contribution >= 0.6 is 0 Å². The third kappa shape index (κ3) is 2.49. The Hall–Kier alpha value is -2.01. The summed E-state index contributed by atoms with van der Waals surface area (Å²) < 4.78 is 20.7. The van der Waals surface area contributed by atoms with E-state index in [-0.39, 0.29) is 0 Å². The van der Waals surface area contributed by atoms with Crippen molar-refractivity contribution in [3.63, 3.8) is 0 Å². The summed E-state index contributed by atoms with van der Waals surface area (Å²) in [6.45, 7) is 0.631. The van der Waals surface area contributed by atoms with Crippen LogP contribution in [0.1, 0.15) is 6.92 Å². The molecular formula is C8H5FO4. The Balaban J connectivity index is 4.59. The van der Waals surface area contributed by atoms with Gasteiger partial charge in [0.05, 0.1) is 0 Å². The summed E-state index contributed by atoms with van der Waals surface area (Å²) in [6.07, 6.45) is 11.9. The first-order chi connectivity index (χ1) is 5.96. The zero-order chi connectivity index (χ0) is 10.5. The van der Waals surface area contributed by atoms with Crippen LogP contribution < -0.4 is 0 Å². The van der Waals surface area contributed by atoms with Gasteiger partial charge in [-0.15, -0.1) is 0 Å². The maximum absolute atomic E-state index is 13.1. The molecule has 0 aromatic heterocycles. The van der Waals surface area contributed by atoms with Crippen molar-refractivity contribution >= 4 is 11.9 Å². The smallest absolute Gasteiger partial charge is 0.369 e. The molecule has 68 valence electrons. The summed E-state index contributed by atoms with van der Waals surface area (Å²) in [7, 11) is 0. The van der Waals surface area contributed by atoms with E-state index in [0.29, 0.717) is 6.92 Å². The molecule has 0 saturated carbocycles. The van der Waals surface area contributed by atoms with Gasteiger partial charge in [0.1, 0.15) is 12.2 Å². The van der Waals surface area contributed by atoms with Crippen molar-refractivity contribution in [2.45, 2.75) is 12.6 Å². The molecule has 0 atom stereocenters. The van der Waals surface area contributed by atoms with E-state index in [1.54, 1.807) is 0 Å². The van der Waals surface area contributed by atoms with Gasteiger partial charge in [0.25, 0.3) is 0 Å². The minimum atomic E-state index is -2.99. The van der Waals surface area contributed by atoms with Gasteiger partial charge in [-0.3, -0.25) is 0 Å². The van der Waals surface area contributed by atoms with Crippen molar-refractivity contribution in [2.24, 2.45) is 0 Å². The highest BCUT2D eigenvalue weighted by molar-refractivity contribution is 6.03. The van der Waals surface area contributed by atoms with Crippen molar-refractivity contribution in [2.75, 3.05) is 0 Å². The largest absolute Gasteiger partial charge is 0.370 e. The molecule has 5 heteroatoms. The molecule has 0 radical (unpaired) electrons. The summed E-state index contributed by atoms with van der Waals surface area (Å²) in [5.74, 6) is -3.09. The van der Waals surface area contributed by atoms with E-state index in [4.69, 9.17) is 0 Å². The number of carbonyl (C=O) groups excluding carboxylic acids is 2. The summed E-state index contributed by atoms with van der Waals surface area (Å²) in [5.41, 5.74) is -2.99. The lowest BCUT2D eigenvalue weighted by Gasteiger charge is -2.11. The predicted octanol–water partition coefficient (Wildman–Crippen LogP) is -0.0176. The fourth-order valence-corrected chi connectivity index (χ4v) is 0.382. The maximum atomic E-state index is 13.1. The molecule has 0 rings (SSSR count). The molecule has 0 bridgehead atoms. The van der Waals surface area contributed by atoms with Crippen LogP contribution in [0, 0.1) is 25.1 Å². The number of carbonyl (C=O) groups is 2. The minimum absolute atomic E-state index is 0.631. The van der Waals surface area contributed by atoms with Crippen LogP contribution in [0.25, 0.3) is 0 Å². The second-order valence-electron chi connectivity index (χ2n) is 2.02. The van der Waals surface area contributed by atoms with Crippen LogP contribution in [-0.4, -0.2) is 17.6 Å². The highest BCUT2D eigenvalue weighted by atomic mass is 19.1. The molecule has 13 heavy (non-hydrogen) atoms. The van der Waals surface area contributed by atoms with Crippen molar-refractivity contribution < 1.29 is 23.5 Å². The normalized spacial score (nSPS) is 9.23. The third-order valence-corrected chi connectivity index (χ3v) is 1.07. The third-order valence-electron chi connectivity index (χ3n) is 1.07. The number of alkyl halides is 1. The van der Waals surface area contributed by atoms with Crippen molar-refractivity contribution in [1.82, 2.24) is 0 Å². The van der Waals surface area contributed by atoms with Gasteiger partial charge in [0, 0.05) is 0 Å². The van der Waals surface area contributed by atoms with E-state index < -0.39 is 17.6 Å². The van der Waals surface area contributed by atoms with Gasteiger partial charge in [-0.1, -0.05) is 12.8 Å². The zero-order valence-corrected chi connectivity index (χ0v) is 6.67. The first-order valence-corrected chi connectivity index (χ1v) is 2.99. The second kappa shape index (κ2) is 4.13. The molecule has 0 aromatic rings. The van der Waals surface area contributed by atoms with Gasteiger partial charge in [0.15, 0.2) is 0 Å². The Morgan fingerprint density at radius 2 is 1.54 bits per heavy atom. The Morgan fingerprint density at radius 1 is 1.23 bits per heavy atom. The SMILES string of the molecule is C#COC(=O)C(C)(F)C(=O)OC#C. The lowest BCUT2D eigenvalue weighted by molar-refractivity contribution is -0.164. The molecule has 0 spiro atoms. The highest BCUT2D eigenvalue weighted by Gasteiger charge is 2.45. The maximum Gasteiger partial charge on any atom is 0.369 e. The zero-order valence-electron chi connectivity index (χ0n) is 6.67. The molecule has 0 aromatic carbocycles. The molecule has 0 unspecified atom stereocenters. The number of ether oxygens (including phenoxy) is 2. The van der Waals surface area contributed by atoms with E-state index in [1.165, 1.54) is 12.2 Å². The minimum Gasteiger partial charge on any atom is -0.370 e. The van der Waals surface area contributed by atoms with Crippen LogP contribution in [0.5, 0.6) is 0 Å². The Morgan fingerprint density at radius 3 is 1.77 bits per heavy atom. The van der Waals surface area contributed by atoms with Gasteiger partial charge in [-0.25, -0.2) is 14.0 Å². The molecule has 0 saturated heterocycles. The van der Waals surface area contributed by atoms with Crippen molar-refractivity contribution in [1.29, 1.82) is 0 Å². The molecule has 0 heterocycles. The van der Waals surface area contributed by atoms with Gasteiger partial charge < -0.3 is 9.47 Å². The average molecular weight is 184 g/mol. The highest BCUT2D eigenvalue weighted by Crippen LogP contribution is 2.14. The van der Waals surface area contributed by atoms with Crippen molar-refractivity contribution in [3.05, 3.63) is 0 Å². The first kappa shape index (κ1) is 11.0. The van der Waals surface area contributed by atoms with E-state index >= 15 is 0 Å². The van der Waals surface area contributed by atoms with E-state index in [0.717, 1.165) is 0 Å². The summed E-state index contributed by atoms with van der Waals surface area (Å²) >= 11 is 0. The molecule has 0 amide bonds. The van der Waals surface area contributed by atoms with Crippen molar-refractivity contribution in [3.8, 4) is 25.1 Å².